The number of fused-ring (bicyclic) bond motifs is 1. The number of carbonyl (C=O) groups is 1. The molecule has 4 heterocycles. The lowest BCUT2D eigenvalue weighted by atomic mass is 10.0. The maximum Gasteiger partial charge on any atom is 0.416 e. The number of amides is 1. The van der Waals surface area contributed by atoms with Gasteiger partial charge in [0.05, 0.1) is 11.8 Å². The van der Waals surface area contributed by atoms with Crippen molar-refractivity contribution in [2.75, 3.05) is 38.5 Å². The molecule has 1 fully saturated rings. The van der Waals surface area contributed by atoms with E-state index in [1.165, 1.54) is 12.1 Å². The van der Waals surface area contributed by atoms with E-state index in [0.29, 0.717) is 46.9 Å². The van der Waals surface area contributed by atoms with Crippen molar-refractivity contribution < 1.29 is 22.7 Å². The molecule has 1 aliphatic rings. The number of aryl methyl sites for hydroxylation is 2. The molecule has 0 atom stereocenters. The first-order valence-electron chi connectivity index (χ1n) is 14.4. The Labute approximate surface area is 257 Å². The van der Waals surface area contributed by atoms with E-state index < -0.39 is 17.6 Å². The third-order valence-electron chi connectivity index (χ3n) is 7.83. The Kier molecular flexibility index (Phi) is 8.21. The van der Waals surface area contributed by atoms with Gasteiger partial charge in [0, 0.05) is 75.0 Å². The highest BCUT2D eigenvalue weighted by Crippen LogP contribution is 2.35. The number of alkyl halides is 3. The van der Waals surface area contributed by atoms with Gasteiger partial charge in [-0.3, -0.25) is 19.4 Å². The van der Waals surface area contributed by atoms with Crippen LogP contribution in [0, 0.1) is 6.92 Å². The van der Waals surface area contributed by atoms with Crippen LogP contribution in [0.4, 0.5) is 18.9 Å². The molecule has 3 aromatic heterocycles. The number of hydrogen-bond donors (Lipinski definition) is 1. The molecular formula is C32H31F3N8O2. The number of aromatic nitrogens is 5. The molecule has 2 aromatic carbocycles. The molecule has 0 saturated carbocycles. The molecule has 0 bridgehead atoms. The van der Waals surface area contributed by atoms with Crippen LogP contribution in [0.15, 0.2) is 67.1 Å². The smallest absolute Gasteiger partial charge is 0.416 e. The summed E-state index contributed by atoms with van der Waals surface area (Å²) in [5.74, 6) is 0.370. The Bertz CT molecular complexity index is 1850. The zero-order chi connectivity index (χ0) is 31.7. The van der Waals surface area contributed by atoms with Crippen molar-refractivity contribution in [3.05, 3.63) is 89.4 Å². The average Bonchev–Trinajstić information content (AvgIpc) is 3.40. The van der Waals surface area contributed by atoms with E-state index in [1.807, 2.05) is 11.9 Å². The lowest BCUT2D eigenvalue weighted by Gasteiger charge is -2.33. The molecule has 0 unspecified atom stereocenters. The normalized spacial score (nSPS) is 14.5. The van der Waals surface area contributed by atoms with Crippen LogP contribution in [0.1, 0.15) is 27.0 Å². The van der Waals surface area contributed by atoms with E-state index in [9.17, 15) is 18.0 Å². The minimum absolute atomic E-state index is 0.0926. The molecule has 6 rings (SSSR count). The Hall–Kier alpha value is -4.88. The van der Waals surface area contributed by atoms with Gasteiger partial charge in [-0.1, -0.05) is 12.1 Å². The number of halogens is 3. The average molecular weight is 617 g/mol. The zero-order valence-corrected chi connectivity index (χ0v) is 25.0. The van der Waals surface area contributed by atoms with Gasteiger partial charge < -0.3 is 15.0 Å². The zero-order valence-electron chi connectivity index (χ0n) is 25.0. The van der Waals surface area contributed by atoms with Crippen LogP contribution in [-0.2, 0) is 19.8 Å². The maximum atomic E-state index is 14.1. The molecule has 1 N–H and O–H groups in total. The number of ether oxygens (including phenoxy) is 1. The molecule has 232 valence electrons. The number of hydrogen-bond acceptors (Lipinski definition) is 8. The Morgan fingerprint density at radius 1 is 0.978 bits per heavy atom. The van der Waals surface area contributed by atoms with Gasteiger partial charge >= 0.3 is 6.18 Å². The van der Waals surface area contributed by atoms with Crippen molar-refractivity contribution in [2.45, 2.75) is 19.6 Å². The Balaban J connectivity index is 1.25. The number of nitrogens with zero attached hydrogens (tertiary/aromatic N) is 7. The van der Waals surface area contributed by atoms with Crippen LogP contribution in [-0.4, -0.2) is 73.7 Å². The Morgan fingerprint density at radius 3 is 2.47 bits per heavy atom. The predicted molar refractivity (Wildman–Crippen MR) is 163 cm³/mol. The number of nitrogens with one attached hydrogen (secondary N) is 1. The summed E-state index contributed by atoms with van der Waals surface area (Å²) in [6, 6.07) is 12.4. The topological polar surface area (TPSA) is 101 Å². The predicted octanol–water partition coefficient (Wildman–Crippen LogP) is 5.54. The number of anilines is 1. The molecule has 1 aliphatic heterocycles. The first kappa shape index (κ1) is 30.2. The van der Waals surface area contributed by atoms with Gasteiger partial charge in [0.1, 0.15) is 11.1 Å². The van der Waals surface area contributed by atoms with E-state index in [-0.39, 0.29) is 23.6 Å². The van der Waals surface area contributed by atoms with Gasteiger partial charge in [-0.25, -0.2) is 4.98 Å². The molecule has 13 heteroatoms. The fraction of sp³-hybridized carbons (Fsp3) is 0.281. The Morgan fingerprint density at radius 2 is 1.73 bits per heavy atom. The second-order valence-electron chi connectivity index (χ2n) is 11.1. The van der Waals surface area contributed by atoms with Crippen molar-refractivity contribution in [3.63, 3.8) is 0 Å². The summed E-state index contributed by atoms with van der Waals surface area (Å²) >= 11 is 0. The largest absolute Gasteiger partial charge is 0.438 e. The van der Waals surface area contributed by atoms with Gasteiger partial charge in [0.25, 0.3) is 5.91 Å². The van der Waals surface area contributed by atoms with Crippen LogP contribution in [0.3, 0.4) is 0 Å². The molecule has 5 aromatic rings. The fourth-order valence-electron chi connectivity index (χ4n) is 5.18. The van der Waals surface area contributed by atoms with Gasteiger partial charge in [-0.05, 0) is 55.4 Å². The number of pyridine rings is 1. The van der Waals surface area contributed by atoms with E-state index >= 15 is 0 Å². The first-order valence-corrected chi connectivity index (χ1v) is 14.4. The summed E-state index contributed by atoms with van der Waals surface area (Å²) in [6.45, 7) is 4.89. The lowest BCUT2D eigenvalue weighted by molar-refractivity contribution is -0.138. The summed E-state index contributed by atoms with van der Waals surface area (Å²) in [4.78, 5) is 30.7. The molecule has 0 spiro atoms. The SMILES string of the molecule is Cc1ccc(Oc2nc(-c3ccncc3)nc3c2cnn3C)cc1NC(=O)c1ccc(CN2CCN(C)CC2)c(C(F)(F)F)c1. The quantitative estimate of drug-likeness (QED) is 0.254. The second kappa shape index (κ2) is 12.3. The molecular weight excluding hydrogens is 585 g/mol. The number of likely N-dealkylation sites (N-methyl/N-ethyl adjacent to an activating group) is 1. The van der Waals surface area contributed by atoms with Crippen LogP contribution in [0.5, 0.6) is 11.6 Å². The third-order valence-corrected chi connectivity index (χ3v) is 7.83. The highest BCUT2D eigenvalue weighted by Gasteiger charge is 2.34. The van der Waals surface area contributed by atoms with Crippen molar-refractivity contribution in [1.29, 1.82) is 0 Å². The van der Waals surface area contributed by atoms with Gasteiger partial charge in [0.15, 0.2) is 11.5 Å². The number of carbonyl (C=O) groups excluding carboxylic acids is 1. The highest BCUT2D eigenvalue weighted by molar-refractivity contribution is 6.05. The maximum absolute atomic E-state index is 14.1. The van der Waals surface area contributed by atoms with Crippen molar-refractivity contribution in [1.82, 2.24) is 34.5 Å². The van der Waals surface area contributed by atoms with Gasteiger partial charge in [0.2, 0.25) is 5.88 Å². The van der Waals surface area contributed by atoms with Crippen LogP contribution in [0.25, 0.3) is 22.4 Å². The van der Waals surface area contributed by atoms with Crippen LogP contribution >= 0.6 is 0 Å². The van der Waals surface area contributed by atoms with Gasteiger partial charge in [-0.15, -0.1) is 0 Å². The molecule has 0 radical (unpaired) electrons. The van der Waals surface area contributed by atoms with Crippen molar-refractivity contribution in [3.8, 4) is 23.0 Å². The summed E-state index contributed by atoms with van der Waals surface area (Å²) in [5, 5.41) is 7.62. The number of piperazine rings is 1. The second-order valence-corrected chi connectivity index (χ2v) is 11.1. The summed E-state index contributed by atoms with van der Waals surface area (Å²) < 4.78 is 50.1. The molecule has 0 aliphatic carbocycles. The number of rotatable bonds is 7. The van der Waals surface area contributed by atoms with E-state index in [0.717, 1.165) is 24.7 Å². The monoisotopic (exact) mass is 616 g/mol. The standard InChI is InChI=1S/C32H31F3N8O2/c1-20-4-7-24(45-31-25-18-37-42(3)29(25)39-28(40-31)21-8-10-36-11-9-21)17-27(20)38-30(44)22-5-6-23(26(16-22)32(33,34)35)19-43-14-12-41(2)13-15-43/h4-11,16-18H,12-15,19H2,1-3H3,(H,38,44). The van der Waals surface area contributed by atoms with E-state index in [1.54, 1.807) is 67.6 Å². The molecule has 1 amide bonds. The van der Waals surface area contributed by atoms with Crippen LogP contribution < -0.4 is 10.1 Å². The van der Waals surface area contributed by atoms with Crippen molar-refractivity contribution >= 4 is 22.6 Å². The summed E-state index contributed by atoms with van der Waals surface area (Å²) in [5.41, 5.74) is 1.63. The van der Waals surface area contributed by atoms with Crippen LogP contribution in [0.2, 0.25) is 0 Å². The van der Waals surface area contributed by atoms with E-state index in [4.69, 9.17) is 4.74 Å². The number of benzene rings is 2. The summed E-state index contributed by atoms with van der Waals surface area (Å²) in [6.07, 6.45) is 0.274. The highest BCUT2D eigenvalue weighted by atomic mass is 19.4. The minimum Gasteiger partial charge on any atom is -0.438 e. The third kappa shape index (κ3) is 6.64. The van der Waals surface area contributed by atoms with Crippen molar-refractivity contribution in [2.24, 2.45) is 7.05 Å². The lowest BCUT2D eigenvalue weighted by Crippen LogP contribution is -2.44. The molecule has 1 saturated heterocycles. The minimum atomic E-state index is -4.60. The first-order chi connectivity index (χ1) is 21.5. The fourth-order valence-corrected chi connectivity index (χ4v) is 5.18. The van der Waals surface area contributed by atoms with E-state index in [2.05, 4.69) is 30.3 Å². The molecule has 10 nitrogen and oxygen atoms in total. The molecule has 45 heavy (non-hydrogen) atoms. The van der Waals surface area contributed by atoms with Gasteiger partial charge in [-0.2, -0.15) is 23.3 Å². The summed E-state index contributed by atoms with van der Waals surface area (Å²) in [7, 11) is 3.75.